The number of hydrogen-bond donors (Lipinski definition) is 2. The largest absolute Gasteiger partial charge is 0.324 e. The molecule has 0 fully saturated rings. The zero-order valence-corrected chi connectivity index (χ0v) is 17.0. The number of nitrogens with one attached hydrogen (secondary N) is 2. The minimum atomic E-state index is -3.79. The number of halogens is 2. The number of thioether (sulfide) groups is 1. The van der Waals surface area contributed by atoms with Crippen LogP contribution < -0.4 is 10.6 Å². The van der Waals surface area contributed by atoms with Crippen molar-refractivity contribution >= 4 is 44.8 Å². The van der Waals surface area contributed by atoms with Crippen LogP contribution in [0, 0.1) is 11.6 Å². The van der Waals surface area contributed by atoms with Crippen LogP contribution in [-0.2, 0) is 19.4 Å². The van der Waals surface area contributed by atoms with Crippen LogP contribution in [0.15, 0.2) is 46.2 Å². The maximum absolute atomic E-state index is 13.6. The Balaban J connectivity index is 1.69. The van der Waals surface area contributed by atoms with Crippen molar-refractivity contribution in [1.82, 2.24) is 0 Å². The summed E-state index contributed by atoms with van der Waals surface area (Å²) in [7, 11) is -3.79. The van der Waals surface area contributed by atoms with Crippen LogP contribution in [0.4, 0.5) is 20.2 Å². The number of rotatable bonds is 6. The van der Waals surface area contributed by atoms with Gasteiger partial charge in [0.25, 0.3) is 0 Å². The first-order valence-corrected chi connectivity index (χ1v) is 11.3. The Morgan fingerprint density at radius 1 is 1.21 bits per heavy atom. The van der Waals surface area contributed by atoms with Gasteiger partial charge in [-0.05, 0) is 36.8 Å². The number of amides is 2. The monoisotopic (exact) mass is 440 g/mol. The number of fused-ring (bicyclic) bond motifs is 1. The second-order valence-corrected chi connectivity index (χ2v) is 9.76. The zero-order valence-electron chi connectivity index (χ0n) is 15.4. The van der Waals surface area contributed by atoms with Crippen molar-refractivity contribution in [3.05, 3.63) is 48.0 Å². The first-order chi connectivity index (χ1) is 13.7. The molecular formula is C19H18F2N2O4S2. The van der Waals surface area contributed by atoms with Gasteiger partial charge in [0.15, 0.2) is 9.84 Å². The molecule has 154 valence electrons. The Kier molecular flexibility index (Phi) is 6.23. The standard InChI is InChI=1S/C19H18F2N2O4S2/c1-2-16-19(25)23-14-6-4-12(10-17(14)28-16)29(26,27)8-7-18(24)22-15-9-11(20)3-5-13(15)21/h3-6,9-10,16H,2,7-8H2,1H3,(H,22,24)(H,23,25). The van der Waals surface area contributed by atoms with Crippen molar-refractivity contribution in [2.45, 2.75) is 34.8 Å². The fourth-order valence-corrected chi connectivity index (χ4v) is 5.15. The minimum absolute atomic E-state index is 0.0273. The summed E-state index contributed by atoms with van der Waals surface area (Å²) in [5.74, 6) is -2.91. The van der Waals surface area contributed by atoms with Crippen molar-refractivity contribution in [2.24, 2.45) is 0 Å². The Bertz CT molecular complexity index is 1070. The van der Waals surface area contributed by atoms with E-state index in [2.05, 4.69) is 10.6 Å². The topological polar surface area (TPSA) is 92.3 Å². The Labute approximate surface area is 171 Å². The van der Waals surface area contributed by atoms with Crippen LogP contribution in [0.5, 0.6) is 0 Å². The average Bonchev–Trinajstić information content (AvgIpc) is 2.68. The molecule has 0 aromatic heterocycles. The first-order valence-electron chi connectivity index (χ1n) is 8.79. The highest BCUT2D eigenvalue weighted by molar-refractivity contribution is 8.01. The molecule has 10 heteroatoms. The summed E-state index contributed by atoms with van der Waals surface area (Å²) in [5.41, 5.74) is 0.196. The second-order valence-electron chi connectivity index (χ2n) is 6.40. The third-order valence-electron chi connectivity index (χ3n) is 4.30. The molecule has 0 radical (unpaired) electrons. The summed E-state index contributed by atoms with van der Waals surface area (Å²) in [6.07, 6.45) is 0.181. The van der Waals surface area contributed by atoms with Crippen LogP contribution in [0.2, 0.25) is 0 Å². The molecule has 29 heavy (non-hydrogen) atoms. The van der Waals surface area contributed by atoms with E-state index in [9.17, 15) is 26.8 Å². The zero-order chi connectivity index (χ0) is 21.2. The first kappa shape index (κ1) is 21.3. The highest BCUT2D eigenvalue weighted by Gasteiger charge is 2.27. The predicted molar refractivity (Wildman–Crippen MR) is 107 cm³/mol. The fourth-order valence-electron chi connectivity index (χ4n) is 2.74. The summed E-state index contributed by atoms with van der Waals surface area (Å²) >= 11 is 1.29. The smallest absolute Gasteiger partial charge is 0.237 e. The number of carbonyl (C=O) groups excluding carboxylic acids is 2. The molecule has 6 nitrogen and oxygen atoms in total. The maximum atomic E-state index is 13.6. The van der Waals surface area contributed by atoms with E-state index in [4.69, 9.17) is 0 Å². The lowest BCUT2D eigenvalue weighted by Gasteiger charge is -2.23. The van der Waals surface area contributed by atoms with Crippen LogP contribution in [0.1, 0.15) is 19.8 Å². The molecule has 2 aromatic rings. The van der Waals surface area contributed by atoms with E-state index in [1.807, 2.05) is 6.92 Å². The number of sulfone groups is 1. The third-order valence-corrected chi connectivity index (χ3v) is 7.44. The van der Waals surface area contributed by atoms with Gasteiger partial charge in [0.1, 0.15) is 11.6 Å². The summed E-state index contributed by atoms with van der Waals surface area (Å²) in [6.45, 7) is 1.86. The molecule has 1 aliphatic heterocycles. The number of carbonyl (C=O) groups is 2. The molecule has 1 atom stereocenters. The van der Waals surface area contributed by atoms with E-state index in [1.54, 1.807) is 0 Å². The van der Waals surface area contributed by atoms with Gasteiger partial charge in [-0.15, -0.1) is 11.8 Å². The van der Waals surface area contributed by atoms with Crippen LogP contribution in [0.3, 0.4) is 0 Å². The molecule has 1 heterocycles. The van der Waals surface area contributed by atoms with Crippen LogP contribution in [-0.4, -0.2) is 31.2 Å². The van der Waals surface area contributed by atoms with E-state index in [-0.39, 0.29) is 21.7 Å². The molecule has 0 spiro atoms. The van der Waals surface area contributed by atoms with Gasteiger partial charge in [0, 0.05) is 17.4 Å². The van der Waals surface area contributed by atoms with Crippen molar-refractivity contribution in [3.8, 4) is 0 Å². The van der Waals surface area contributed by atoms with Crippen molar-refractivity contribution in [1.29, 1.82) is 0 Å². The third kappa shape index (κ3) is 4.94. The highest BCUT2D eigenvalue weighted by Crippen LogP contribution is 2.38. The fraction of sp³-hybridized carbons (Fsp3) is 0.263. The molecule has 2 aromatic carbocycles. The lowest BCUT2D eigenvalue weighted by atomic mass is 10.2. The number of hydrogen-bond acceptors (Lipinski definition) is 5. The van der Waals surface area contributed by atoms with Gasteiger partial charge < -0.3 is 10.6 Å². The summed E-state index contributed by atoms with van der Waals surface area (Å²) < 4.78 is 52.0. The highest BCUT2D eigenvalue weighted by atomic mass is 32.2. The summed E-state index contributed by atoms with van der Waals surface area (Å²) in [6, 6.07) is 6.96. The maximum Gasteiger partial charge on any atom is 0.237 e. The SMILES string of the molecule is CCC1Sc2cc(S(=O)(=O)CCC(=O)Nc3cc(F)ccc3F)ccc2NC1=O. The minimum Gasteiger partial charge on any atom is -0.324 e. The quantitative estimate of drug-likeness (QED) is 0.716. The summed E-state index contributed by atoms with van der Waals surface area (Å²) in [5, 5.41) is 4.62. The summed E-state index contributed by atoms with van der Waals surface area (Å²) in [4.78, 5) is 24.6. The van der Waals surface area contributed by atoms with E-state index in [0.717, 1.165) is 18.2 Å². The lowest BCUT2D eigenvalue weighted by molar-refractivity contribution is -0.116. The van der Waals surface area contributed by atoms with E-state index >= 15 is 0 Å². The number of anilines is 2. The molecule has 2 amide bonds. The van der Waals surface area contributed by atoms with Crippen LogP contribution >= 0.6 is 11.8 Å². The van der Waals surface area contributed by atoms with Gasteiger partial charge in [-0.2, -0.15) is 0 Å². The van der Waals surface area contributed by atoms with Gasteiger partial charge in [-0.1, -0.05) is 6.92 Å². The second kappa shape index (κ2) is 8.50. The molecule has 1 aliphatic rings. The van der Waals surface area contributed by atoms with Gasteiger partial charge in [-0.3, -0.25) is 9.59 Å². The molecular weight excluding hydrogens is 422 g/mol. The van der Waals surface area contributed by atoms with Crippen molar-refractivity contribution in [2.75, 3.05) is 16.4 Å². The molecule has 0 bridgehead atoms. The average molecular weight is 440 g/mol. The van der Waals surface area contributed by atoms with Gasteiger partial charge in [0.2, 0.25) is 11.8 Å². The molecule has 0 saturated heterocycles. The predicted octanol–water partition coefficient (Wildman–Crippen LogP) is 3.59. The van der Waals surface area contributed by atoms with Crippen LogP contribution in [0.25, 0.3) is 0 Å². The molecule has 1 unspecified atom stereocenters. The molecule has 3 rings (SSSR count). The Morgan fingerprint density at radius 3 is 2.69 bits per heavy atom. The van der Waals surface area contributed by atoms with Crippen molar-refractivity contribution in [3.63, 3.8) is 0 Å². The van der Waals surface area contributed by atoms with Gasteiger partial charge in [-0.25, -0.2) is 17.2 Å². The van der Waals surface area contributed by atoms with E-state index < -0.39 is 39.6 Å². The number of benzene rings is 2. The Hall–Kier alpha value is -2.46. The van der Waals surface area contributed by atoms with E-state index in [1.165, 1.54) is 30.0 Å². The molecule has 0 saturated carbocycles. The lowest BCUT2D eigenvalue weighted by Crippen LogP contribution is -2.28. The van der Waals surface area contributed by atoms with Gasteiger partial charge >= 0.3 is 0 Å². The van der Waals surface area contributed by atoms with Crippen molar-refractivity contribution < 1.29 is 26.8 Å². The van der Waals surface area contributed by atoms with Gasteiger partial charge in [0.05, 0.1) is 27.3 Å². The molecule has 2 N–H and O–H groups in total. The Morgan fingerprint density at radius 2 is 1.97 bits per heavy atom. The normalized spacial score (nSPS) is 16.1. The molecule has 0 aliphatic carbocycles. The van der Waals surface area contributed by atoms with E-state index in [0.29, 0.717) is 17.0 Å².